The van der Waals surface area contributed by atoms with Crippen LogP contribution in [0.2, 0.25) is 0 Å². The van der Waals surface area contributed by atoms with E-state index in [-0.39, 0.29) is 6.04 Å². The molecule has 0 amide bonds. The molecule has 1 fully saturated rings. The van der Waals surface area contributed by atoms with E-state index in [4.69, 9.17) is 0 Å². The van der Waals surface area contributed by atoms with Crippen molar-refractivity contribution in [1.29, 1.82) is 0 Å². The molecule has 5 heteroatoms. The zero-order chi connectivity index (χ0) is 15.5. The van der Waals surface area contributed by atoms with Gasteiger partial charge in [0.05, 0.1) is 5.56 Å². The molecule has 118 valence electrons. The van der Waals surface area contributed by atoms with Crippen molar-refractivity contribution >= 4 is 15.9 Å². The first-order valence-electron chi connectivity index (χ1n) is 7.51. The molecule has 0 heterocycles. The lowest BCUT2D eigenvalue weighted by Gasteiger charge is -2.21. The van der Waals surface area contributed by atoms with Crippen LogP contribution in [-0.2, 0) is 6.18 Å². The van der Waals surface area contributed by atoms with Crippen LogP contribution < -0.4 is 5.32 Å². The predicted octanol–water partition coefficient (Wildman–Crippen LogP) is 5.70. The molecule has 1 unspecified atom stereocenters. The number of alkyl halides is 3. The highest BCUT2D eigenvalue weighted by Gasteiger charge is 2.32. The second-order valence-corrected chi connectivity index (χ2v) is 6.62. The summed E-state index contributed by atoms with van der Waals surface area (Å²) in [5, 5.41) is 3.39. The van der Waals surface area contributed by atoms with E-state index in [1.165, 1.54) is 25.0 Å². The third-order valence-electron chi connectivity index (χ3n) is 3.90. The van der Waals surface area contributed by atoms with E-state index in [1.807, 2.05) is 0 Å². The Morgan fingerprint density at radius 3 is 2.62 bits per heavy atom. The van der Waals surface area contributed by atoms with Gasteiger partial charge in [-0.1, -0.05) is 35.7 Å². The molecule has 1 aromatic carbocycles. The highest BCUT2D eigenvalue weighted by molar-refractivity contribution is 9.10. The molecule has 1 aliphatic rings. The molecule has 1 saturated carbocycles. The van der Waals surface area contributed by atoms with Gasteiger partial charge in [0.25, 0.3) is 0 Å². The summed E-state index contributed by atoms with van der Waals surface area (Å²) in [6.07, 6.45) is 1.20. The number of nitrogens with one attached hydrogen (secondary N) is 1. The van der Waals surface area contributed by atoms with Crippen molar-refractivity contribution in [3.63, 3.8) is 0 Å². The van der Waals surface area contributed by atoms with E-state index in [2.05, 4.69) is 28.2 Å². The summed E-state index contributed by atoms with van der Waals surface area (Å²) in [7, 11) is 0. The lowest BCUT2D eigenvalue weighted by atomic mass is 9.98. The van der Waals surface area contributed by atoms with Gasteiger partial charge in [-0.2, -0.15) is 13.2 Å². The van der Waals surface area contributed by atoms with Crippen LogP contribution in [0.5, 0.6) is 0 Å². The zero-order valence-corrected chi connectivity index (χ0v) is 13.7. The van der Waals surface area contributed by atoms with Crippen molar-refractivity contribution in [3.8, 4) is 0 Å². The smallest absolute Gasteiger partial charge is 0.310 e. The molecular weight excluding hydrogens is 343 g/mol. The van der Waals surface area contributed by atoms with Crippen LogP contribution in [0.15, 0.2) is 22.7 Å². The fraction of sp³-hybridized carbons (Fsp3) is 0.625. The van der Waals surface area contributed by atoms with Crippen molar-refractivity contribution in [2.75, 3.05) is 6.54 Å². The normalized spacial score (nSPS) is 17.0. The first kappa shape index (κ1) is 16.8. The van der Waals surface area contributed by atoms with Gasteiger partial charge in [-0.05, 0) is 55.5 Å². The van der Waals surface area contributed by atoms with Crippen molar-refractivity contribution in [3.05, 3.63) is 33.8 Å². The van der Waals surface area contributed by atoms with Crippen molar-refractivity contribution in [1.82, 2.24) is 5.32 Å². The number of hydrogen-bond acceptors (Lipinski definition) is 1. The third-order valence-corrected chi connectivity index (χ3v) is 4.62. The standard InChI is InChI=1S/C16H21BrF3N/c1-2-9-21-15(8-5-11-3-4-11)13-10-12(16(18,19)20)6-7-14(13)17/h6-7,10-11,15,21H,2-5,8-9H2,1H3. The molecule has 2 rings (SSSR count). The zero-order valence-electron chi connectivity index (χ0n) is 12.1. The Bertz CT molecular complexity index is 469. The average molecular weight is 364 g/mol. The van der Waals surface area contributed by atoms with E-state index in [1.54, 1.807) is 0 Å². The third kappa shape index (κ3) is 4.99. The fourth-order valence-electron chi connectivity index (χ4n) is 2.48. The Hall–Kier alpha value is -0.550. The van der Waals surface area contributed by atoms with Gasteiger partial charge in [-0.15, -0.1) is 0 Å². The molecular formula is C16H21BrF3N. The maximum Gasteiger partial charge on any atom is 0.416 e. The van der Waals surface area contributed by atoms with Crippen LogP contribution in [0.1, 0.15) is 56.2 Å². The second-order valence-electron chi connectivity index (χ2n) is 5.76. The highest BCUT2D eigenvalue weighted by atomic mass is 79.9. The average Bonchev–Trinajstić information content (AvgIpc) is 3.23. The first-order valence-corrected chi connectivity index (χ1v) is 8.31. The Kier molecular flexibility index (Phi) is 5.72. The lowest BCUT2D eigenvalue weighted by Crippen LogP contribution is -2.23. The topological polar surface area (TPSA) is 12.0 Å². The molecule has 0 spiro atoms. The van der Waals surface area contributed by atoms with Crippen LogP contribution >= 0.6 is 15.9 Å². The van der Waals surface area contributed by atoms with E-state index in [9.17, 15) is 13.2 Å². The summed E-state index contributed by atoms with van der Waals surface area (Å²) in [5.41, 5.74) is 0.148. The SMILES string of the molecule is CCCNC(CCC1CC1)c1cc(C(F)(F)F)ccc1Br. The van der Waals surface area contributed by atoms with Gasteiger partial charge in [-0.3, -0.25) is 0 Å². The van der Waals surface area contributed by atoms with Crippen LogP contribution in [-0.4, -0.2) is 6.54 Å². The minimum absolute atomic E-state index is 0.0118. The molecule has 0 saturated heterocycles. The molecule has 0 aromatic heterocycles. The molecule has 1 atom stereocenters. The summed E-state index contributed by atoms with van der Waals surface area (Å²) >= 11 is 3.41. The van der Waals surface area contributed by atoms with Gasteiger partial charge in [0.15, 0.2) is 0 Å². The molecule has 1 aliphatic carbocycles. The number of halogens is 4. The second kappa shape index (κ2) is 7.14. The molecule has 1 N–H and O–H groups in total. The van der Waals surface area contributed by atoms with Crippen LogP contribution in [0, 0.1) is 5.92 Å². The monoisotopic (exact) mass is 363 g/mol. The largest absolute Gasteiger partial charge is 0.416 e. The van der Waals surface area contributed by atoms with E-state index in [0.717, 1.165) is 47.8 Å². The van der Waals surface area contributed by atoms with Crippen LogP contribution in [0.4, 0.5) is 13.2 Å². The Labute approximate surface area is 132 Å². The summed E-state index contributed by atoms with van der Waals surface area (Å²) in [6, 6.07) is 3.91. The van der Waals surface area contributed by atoms with Crippen molar-refractivity contribution in [2.45, 2.75) is 51.2 Å². The minimum Gasteiger partial charge on any atom is -0.310 e. The van der Waals surface area contributed by atoms with E-state index in [0.29, 0.717) is 0 Å². The summed E-state index contributed by atoms with van der Waals surface area (Å²) < 4.78 is 39.5. The maximum absolute atomic E-state index is 12.9. The van der Waals surface area contributed by atoms with E-state index >= 15 is 0 Å². The quantitative estimate of drug-likeness (QED) is 0.655. The Balaban J connectivity index is 2.19. The van der Waals surface area contributed by atoms with Gasteiger partial charge in [0.1, 0.15) is 0 Å². The van der Waals surface area contributed by atoms with Crippen LogP contribution in [0.25, 0.3) is 0 Å². The number of hydrogen-bond donors (Lipinski definition) is 1. The van der Waals surface area contributed by atoms with Crippen LogP contribution in [0.3, 0.4) is 0 Å². The first-order chi connectivity index (χ1) is 9.91. The summed E-state index contributed by atoms with van der Waals surface area (Å²) in [6.45, 7) is 2.88. The lowest BCUT2D eigenvalue weighted by molar-refractivity contribution is -0.137. The number of rotatable bonds is 7. The van der Waals surface area contributed by atoms with Gasteiger partial charge in [0, 0.05) is 10.5 Å². The van der Waals surface area contributed by atoms with Gasteiger partial charge in [-0.25, -0.2) is 0 Å². The predicted molar refractivity (Wildman–Crippen MR) is 82.1 cm³/mol. The molecule has 0 bridgehead atoms. The Morgan fingerprint density at radius 1 is 1.33 bits per heavy atom. The van der Waals surface area contributed by atoms with Gasteiger partial charge < -0.3 is 5.32 Å². The van der Waals surface area contributed by atoms with Crippen molar-refractivity contribution in [2.24, 2.45) is 5.92 Å². The summed E-state index contributed by atoms with van der Waals surface area (Å²) in [4.78, 5) is 0. The Morgan fingerprint density at radius 2 is 2.05 bits per heavy atom. The fourth-order valence-corrected chi connectivity index (χ4v) is 3.01. The number of benzene rings is 1. The maximum atomic E-state index is 12.9. The van der Waals surface area contributed by atoms with E-state index < -0.39 is 11.7 Å². The summed E-state index contributed by atoms with van der Waals surface area (Å²) in [5.74, 6) is 0.778. The highest BCUT2D eigenvalue weighted by Crippen LogP contribution is 2.38. The molecule has 0 aliphatic heterocycles. The minimum atomic E-state index is -4.29. The van der Waals surface area contributed by atoms with Gasteiger partial charge >= 0.3 is 6.18 Å². The molecule has 1 aromatic rings. The molecule has 1 nitrogen and oxygen atoms in total. The van der Waals surface area contributed by atoms with Gasteiger partial charge in [0.2, 0.25) is 0 Å². The molecule has 0 radical (unpaired) electrons. The molecule has 21 heavy (non-hydrogen) atoms. The van der Waals surface area contributed by atoms with Crippen molar-refractivity contribution < 1.29 is 13.2 Å².